The van der Waals surface area contributed by atoms with Gasteiger partial charge < -0.3 is 4.90 Å². The van der Waals surface area contributed by atoms with Crippen LogP contribution in [0.1, 0.15) is 55.8 Å². The third-order valence-corrected chi connectivity index (χ3v) is 7.37. The Morgan fingerprint density at radius 1 is 1.12 bits per heavy atom. The van der Waals surface area contributed by atoms with Gasteiger partial charge in [-0.15, -0.1) is 0 Å². The highest BCUT2D eigenvalue weighted by molar-refractivity contribution is 6.08. The molecule has 5 aliphatic rings. The van der Waals surface area contributed by atoms with Gasteiger partial charge in [0, 0.05) is 48.4 Å². The molecule has 26 heavy (non-hydrogen) atoms. The molecule has 0 N–H and O–H groups in total. The molecule has 4 fully saturated rings. The van der Waals surface area contributed by atoms with E-state index in [0.29, 0.717) is 5.54 Å². The molecule has 0 saturated heterocycles. The predicted molar refractivity (Wildman–Crippen MR) is 102 cm³/mol. The highest BCUT2D eigenvalue weighted by atomic mass is 16.1. The number of ketones is 1. The quantitative estimate of drug-likeness (QED) is 0.775. The van der Waals surface area contributed by atoms with Crippen LogP contribution < -0.4 is 0 Å². The van der Waals surface area contributed by atoms with Crippen molar-refractivity contribution >= 4 is 5.78 Å². The Morgan fingerprint density at radius 2 is 1.73 bits per heavy atom. The largest absolute Gasteiger partial charge is 0.364 e. The lowest BCUT2D eigenvalue weighted by Crippen LogP contribution is -2.63. The second kappa shape index (κ2) is 6.19. The van der Waals surface area contributed by atoms with Gasteiger partial charge in [-0.25, -0.2) is 0 Å². The molecule has 0 aromatic carbocycles. The van der Waals surface area contributed by atoms with E-state index in [1.54, 1.807) is 12.4 Å². The molecule has 4 aliphatic carbocycles. The van der Waals surface area contributed by atoms with Gasteiger partial charge in [0.25, 0.3) is 0 Å². The van der Waals surface area contributed by atoms with E-state index in [9.17, 15) is 4.79 Å². The van der Waals surface area contributed by atoms with Crippen LogP contribution in [0, 0.1) is 17.8 Å². The van der Waals surface area contributed by atoms with Crippen LogP contribution in [0.5, 0.6) is 0 Å². The monoisotopic (exact) mass is 351 g/mol. The lowest BCUT2D eigenvalue weighted by Gasteiger charge is -2.61. The van der Waals surface area contributed by atoms with Crippen molar-refractivity contribution in [1.29, 1.82) is 0 Å². The Labute approximate surface area is 156 Å². The molecule has 1 aromatic rings. The maximum absolute atomic E-state index is 13.1. The molecule has 0 spiro atoms. The van der Waals surface area contributed by atoms with Crippen molar-refractivity contribution in [3.8, 4) is 0 Å². The molecular weight excluding hydrogens is 322 g/mol. The van der Waals surface area contributed by atoms with Crippen LogP contribution in [0.2, 0.25) is 0 Å². The van der Waals surface area contributed by atoms with Crippen LogP contribution in [0.4, 0.5) is 0 Å². The van der Waals surface area contributed by atoms with Gasteiger partial charge in [0.05, 0.1) is 6.67 Å². The summed E-state index contributed by atoms with van der Waals surface area (Å²) in [5.41, 5.74) is 2.05. The summed E-state index contributed by atoms with van der Waals surface area (Å²) < 4.78 is 0. The first-order valence-electron chi connectivity index (χ1n) is 10.3. The fraction of sp³-hybridized carbons (Fsp3) is 0.636. The van der Waals surface area contributed by atoms with Crippen LogP contribution in [0.25, 0.3) is 0 Å². The first kappa shape index (κ1) is 16.5. The number of Topliss-reactive ketones (excluding diaryl/α,β-unsaturated/α-hetero) is 1. The average Bonchev–Trinajstić information content (AvgIpc) is 2.66. The minimum absolute atomic E-state index is 0.167. The second-order valence-corrected chi connectivity index (χ2v) is 9.11. The zero-order valence-electron chi connectivity index (χ0n) is 15.7. The summed E-state index contributed by atoms with van der Waals surface area (Å²) in [6.45, 7) is 4.93. The number of rotatable bonds is 4. The molecule has 2 heterocycles. The van der Waals surface area contributed by atoms with Gasteiger partial charge in [-0.3, -0.25) is 14.7 Å². The molecule has 138 valence electrons. The summed E-state index contributed by atoms with van der Waals surface area (Å²) >= 11 is 0. The third-order valence-electron chi connectivity index (χ3n) is 7.37. The second-order valence-electron chi connectivity index (χ2n) is 9.11. The van der Waals surface area contributed by atoms with E-state index in [2.05, 4.69) is 27.9 Å². The standard InChI is InChI=1S/C22H29N3O/c1-2-24-13-20(21(26)19-3-5-23-6-4-19)14-25(15-24)22-10-16-7-17(11-22)9-18(8-16)12-22/h3-6,13,16-18H,2,7-12,14-15H2,1H3. The smallest absolute Gasteiger partial charge is 0.191 e. The maximum Gasteiger partial charge on any atom is 0.191 e. The van der Waals surface area contributed by atoms with Crippen LogP contribution in [-0.2, 0) is 0 Å². The summed E-state index contributed by atoms with van der Waals surface area (Å²) in [4.78, 5) is 22.1. The van der Waals surface area contributed by atoms with Crippen LogP contribution in [0.3, 0.4) is 0 Å². The maximum atomic E-state index is 13.1. The van der Waals surface area contributed by atoms with Gasteiger partial charge in [0.1, 0.15) is 0 Å². The number of nitrogens with zero attached hydrogens (tertiary/aromatic N) is 3. The van der Waals surface area contributed by atoms with Gasteiger partial charge in [-0.2, -0.15) is 0 Å². The zero-order valence-corrected chi connectivity index (χ0v) is 15.7. The van der Waals surface area contributed by atoms with Crippen LogP contribution >= 0.6 is 0 Å². The Morgan fingerprint density at radius 3 is 2.31 bits per heavy atom. The number of pyridine rings is 1. The van der Waals surface area contributed by atoms with Crippen molar-refractivity contribution in [3.63, 3.8) is 0 Å². The molecule has 6 rings (SSSR count). The summed E-state index contributed by atoms with van der Waals surface area (Å²) in [6, 6.07) is 3.67. The number of carbonyl (C=O) groups excluding carboxylic acids is 1. The summed E-state index contributed by atoms with van der Waals surface area (Å²) in [5, 5.41) is 0. The average molecular weight is 351 g/mol. The number of carbonyl (C=O) groups is 1. The molecule has 4 saturated carbocycles. The van der Waals surface area contributed by atoms with E-state index in [4.69, 9.17) is 0 Å². The topological polar surface area (TPSA) is 36.4 Å². The molecule has 4 heteroatoms. The van der Waals surface area contributed by atoms with Crippen LogP contribution in [0.15, 0.2) is 36.3 Å². The van der Waals surface area contributed by atoms with Gasteiger partial charge >= 0.3 is 0 Å². The van der Waals surface area contributed by atoms with Crippen molar-refractivity contribution in [2.24, 2.45) is 17.8 Å². The Balaban J connectivity index is 1.43. The fourth-order valence-corrected chi connectivity index (χ4v) is 6.56. The Bertz CT molecular complexity index is 691. The molecule has 0 atom stereocenters. The van der Waals surface area contributed by atoms with E-state index in [1.807, 2.05) is 12.1 Å². The van der Waals surface area contributed by atoms with Crippen molar-refractivity contribution in [1.82, 2.24) is 14.8 Å². The lowest BCUT2D eigenvalue weighted by atomic mass is 9.52. The van der Waals surface area contributed by atoms with E-state index < -0.39 is 0 Å². The van der Waals surface area contributed by atoms with E-state index in [1.165, 1.54) is 38.5 Å². The minimum atomic E-state index is 0.167. The normalized spacial score (nSPS) is 36.3. The zero-order chi connectivity index (χ0) is 17.7. The number of hydrogen-bond acceptors (Lipinski definition) is 4. The highest BCUT2D eigenvalue weighted by Crippen LogP contribution is 2.58. The van der Waals surface area contributed by atoms with E-state index >= 15 is 0 Å². The number of aromatic nitrogens is 1. The summed E-state index contributed by atoms with van der Waals surface area (Å²) in [6.07, 6.45) is 14.0. The molecule has 4 nitrogen and oxygen atoms in total. The fourth-order valence-electron chi connectivity index (χ4n) is 6.56. The van der Waals surface area contributed by atoms with Crippen LogP contribution in [-0.4, -0.2) is 45.9 Å². The molecule has 4 bridgehead atoms. The Kier molecular flexibility index (Phi) is 3.93. The van der Waals surface area contributed by atoms with E-state index in [0.717, 1.165) is 48.6 Å². The molecule has 0 unspecified atom stereocenters. The SMILES string of the molecule is CCN1C=C(C(=O)c2ccncc2)CN(C23CC4CC(CC(C4)C2)C3)C1. The minimum Gasteiger partial charge on any atom is -0.364 e. The predicted octanol–water partition coefficient (Wildman–Crippen LogP) is 3.71. The van der Waals surface area contributed by atoms with Gasteiger partial charge in [-0.05, 0) is 75.3 Å². The van der Waals surface area contributed by atoms with E-state index in [-0.39, 0.29) is 5.78 Å². The number of hydrogen-bond donors (Lipinski definition) is 0. The first-order chi connectivity index (χ1) is 12.6. The summed E-state index contributed by atoms with van der Waals surface area (Å²) in [5.74, 6) is 2.96. The summed E-state index contributed by atoms with van der Waals surface area (Å²) in [7, 11) is 0. The van der Waals surface area contributed by atoms with Crippen molar-refractivity contribution in [2.45, 2.75) is 51.0 Å². The van der Waals surface area contributed by atoms with Crippen molar-refractivity contribution < 1.29 is 4.79 Å². The van der Waals surface area contributed by atoms with Crippen molar-refractivity contribution in [3.05, 3.63) is 41.9 Å². The Hall–Kier alpha value is -1.68. The molecule has 1 aromatic heterocycles. The molecule has 1 aliphatic heterocycles. The van der Waals surface area contributed by atoms with Gasteiger partial charge in [0.15, 0.2) is 5.78 Å². The first-order valence-corrected chi connectivity index (χ1v) is 10.3. The molecule has 0 radical (unpaired) electrons. The molecular formula is C22H29N3O. The van der Waals surface area contributed by atoms with Gasteiger partial charge in [-0.1, -0.05) is 0 Å². The highest BCUT2D eigenvalue weighted by Gasteiger charge is 2.54. The third kappa shape index (κ3) is 2.70. The lowest BCUT2D eigenvalue weighted by molar-refractivity contribution is -0.1000. The van der Waals surface area contributed by atoms with Gasteiger partial charge in [0.2, 0.25) is 0 Å². The molecule has 0 amide bonds. The van der Waals surface area contributed by atoms with Crippen molar-refractivity contribution in [2.75, 3.05) is 19.8 Å².